The molecule has 90 valence electrons. The largest absolute Gasteiger partial charge is 2.00 e. The van der Waals surface area contributed by atoms with Crippen LogP contribution in [0.5, 0.6) is 0 Å². The third-order valence-electron chi connectivity index (χ3n) is 1.50. The molecule has 0 aromatic carbocycles. The van der Waals surface area contributed by atoms with E-state index in [-0.39, 0.29) is 21.7 Å². The van der Waals surface area contributed by atoms with Gasteiger partial charge in [-0.25, -0.2) is 0 Å². The monoisotopic (exact) mass is 250 g/mol. The first-order valence-electron chi connectivity index (χ1n) is 5.78. The van der Waals surface area contributed by atoms with Crippen LogP contribution in [-0.4, -0.2) is 12.2 Å². The molecule has 0 bridgehead atoms. The van der Waals surface area contributed by atoms with E-state index >= 15 is 0 Å². The van der Waals surface area contributed by atoms with E-state index in [0.29, 0.717) is 0 Å². The Labute approximate surface area is 110 Å². The average Bonchev–Trinajstić information content (AvgIpc) is 2.05. The van der Waals surface area contributed by atoms with Crippen LogP contribution < -0.4 is 10.2 Å². The summed E-state index contributed by atoms with van der Waals surface area (Å²) in [5.74, 6) is 0. The van der Waals surface area contributed by atoms with Gasteiger partial charge in [-0.1, -0.05) is 66.2 Å². The van der Waals surface area contributed by atoms with Crippen molar-refractivity contribution < 1.29 is 31.9 Å². The van der Waals surface area contributed by atoms with Crippen molar-refractivity contribution in [2.45, 2.75) is 78.4 Å². The molecule has 0 aromatic heterocycles. The van der Waals surface area contributed by atoms with Crippen LogP contribution in [0, 0.1) is 0 Å². The molecule has 0 N–H and O–H groups in total. The second-order valence-corrected chi connectivity index (χ2v) is 4.22. The molecule has 0 aromatic rings. The Morgan fingerprint density at radius 3 is 0.733 bits per heavy atom. The van der Waals surface area contributed by atoms with Gasteiger partial charge in [-0.3, -0.25) is 0 Å². The third kappa shape index (κ3) is 53.1. The molecule has 1 rings (SSSR count). The van der Waals surface area contributed by atoms with Crippen molar-refractivity contribution in [3.8, 4) is 0 Å². The Morgan fingerprint density at radius 2 is 0.667 bits per heavy atom. The fourth-order valence-electron chi connectivity index (χ4n) is 1.06. The summed E-state index contributed by atoms with van der Waals surface area (Å²) in [5.41, 5.74) is 0. The first-order chi connectivity index (χ1) is 6.46. The van der Waals surface area contributed by atoms with Crippen molar-refractivity contribution >= 4 is 0 Å². The van der Waals surface area contributed by atoms with E-state index in [9.17, 15) is 10.2 Å². The molecular weight excluding hydrogens is 224 g/mol. The van der Waals surface area contributed by atoms with Crippen molar-refractivity contribution in [3.05, 3.63) is 0 Å². The van der Waals surface area contributed by atoms with E-state index < -0.39 is 12.2 Å². The fourth-order valence-corrected chi connectivity index (χ4v) is 1.06. The van der Waals surface area contributed by atoms with E-state index in [1.807, 2.05) is 0 Å². The van der Waals surface area contributed by atoms with Gasteiger partial charge in [0.15, 0.2) is 0 Å². The van der Waals surface area contributed by atoms with Gasteiger partial charge in [0, 0.05) is 0 Å². The molecule has 1 aliphatic carbocycles. The minimum Gasteiger partial charge on any atom is -0.852 e. The molecule has 0 saturated heterocycles. The van der Waals surface area contributed by atoms with Crippen LogP contribution in [0.1, 0.15) is 66.2 Å². The maximum absolute atomic E-state index is 9.53. The Balaban J connectivity index is -0.000000145. The maximum atomic E-state index is 9.53. The molecular formula is C12H26O2Ti. The van der Waals surface area contributed by atoms with Crippen molar-refractivity contribution in [1.29, 1.82) is 0 Å². The van der Waals surface area contributed by atoms with Crippen LogP contribution in [0.15, 0.2) is 0 Å². The molecule has 0 unspecified atom stereocenters. The molecule has 15 heavy (non-hydrogen) atoms. The van der Waals surface area contributed by atoms with Gasteiger partial charge < -0.3 is 10.2 Å². The molecule has 0 radical (unpaired) electrons. The van der Waals surface area contributed by atoms with Crippen LogP contribution in [0.2, 0.25) is 0 Å². The SMILES string of the molecule is C1CCCCC1.CC(C)[O-].CC(C)[O-].[Ti+2]. The predicted molar refractivity (Wildman–Crippen MR) is 58.0 cm³/mol. The molecule has 0 heterocycles. The number of hydrogen-bond acceptors (Lipinski definition) is 2. The molecule has 2 nitrogen and oxygen atoms in total. The molecule has 0 spiro atoms. The summed E-state index contributed by atoms with van der Waals surface area (Å²) in [6.45, 7) is 6.44. The summed E-state index contributed by atoms with van der Waals surface area (Å²) in [7, 11) is 0. The van der Waals surface area contributed by atoms with E-state index in [1.165, 1.54) is 38.5 Å². The summed E-state index contributed by atoms with van der Waals surface area (Å²) < 4.78 is 0. The van der Waals surface area contributed by atoms with Gasteiger partial charge in [0.1, 0.15) is 0 Å². The smallest absolute Gasteiger partial charge is 0.852 e. The Kier molecular flexibility index (Phi) is 23.8. The molecule has 0 amide bonds. The van der Waals surface area contributed by atoms with Crippen LogP contribution in [0.3, 0.4) is 0 Å². The number of hydrogen-bond donors (Lipinski definition) is 0. The van der Waals surface area contributed by atoms with Crippen LogP contribution in [-0.2, 0) is 21.7 Å². The summed E-state index contributed by atoms with van der Waals surface area (Å²) in [6, 6.07) is 0. The van der Waals surface area contributed by atoms with Gasteiger partial charge in [-0.05, 0) is 0 Å². The zero-order valence-corrected chi connectivity index (χ0v) is 12.3. The number of rotatable bonds is 0. The van der Waals surface area contributed by atoms with Crippen molar-refractivity contribution in [1.82, 2.24) is 0 Å². The van der Waals surface area contributed by atoms with Crippen molar-refractivity contribution in [2.24, 2.45) is 0 Å². The van der Waals surface area contributed by atoms with E-state index in [2.05, 4.69) is 0 Å². The van der Waals surface area contributed by atoms with Gasteiger partial charge in [0.2, 0.25) is 0 Å². The van der Waals surface area contributed by atoms with Crippen molar-refractivity contribution in [3.63, 3.8) is 0 Å². The quantitative estimate of drug-likeness (QED) is 0.616. The van der Waals surface area contributed by atoms with Crippen LogP contribution >= 0.6 is 0 Å². The third-order valence-corrected chi connectivity index (χ3v) is 1.50. The molecule has 3 heteroatoms. The van der Waals surface area contributed by atoms with E-state index in [4.69, 9.17) is 0 Å². The Bertz CT molecular complexity index is 68.6. The van der Waals surface area contributed by atoms with Gasteiger partial charge >= 0.3 is 21.7 Å². The zero-order valence-electron chi connectivity index (χ0n) is 10.7. The molecule has 1 saturated carbocycles. The Morgan fingerprint density at radius 1 is 0.600 bits per heavy atom. The van der Waals surface area contributed by atoms with Crippen molar-refractivity contribution in [2.75, 3.05) is 0 Å². The molecule has 0 aliphatic heterocycles. The van der Waals surface area contributed by atoms with E-state index in [1.54, 1.807) is 27.7 Å². The summed E-state index contributed by atoms with van der Waals surface area (Å²) in [6.07, 6.45) is 8.17. The summed E-state index contributed by atoms with van der Waals surface area (Å²) in [5, 5.41) is 19.1. The average molecular weight is 250 g/mol. The van der Waals surface area contributed by atoms with Crippen LogP contribution in [0.4, 0.5) is 0 Å². The predicted octanol–water partition coefficient (Wildman–Crippen LogP) is 1.85. The summed E-state index contributed by atoms with van der Waals surface area (Å²) >= 11 is 0. The summed E-state index contributed by atoms with van der Waals surface area (Å²) in [4.78, 5) is 0. The van der Waals surface area contributed by atoms with E-state index in [0.717, 1.165) is 0 Å². The minimum atomic E-state index is -0.417. The first kappa shape index (κ1) is 21.0. The first-order valence-corrected chi connectivity index (χ1v) is 5.78. The Hall–Kier alpha value is 0.634. The maximum Gasteiger partial charge on any atom is 2.00 e. The normalized spacial score (nSPS) is 14.4. The minimum absolute atomic E-state index is 0. The molecule has 1 aliphatic rings. The second kappa shape index (κ2) is 17.0. The van der Waals surface area contributed by atoms with Crippen LogP contribution in [0.25, 0.3) is 0 Å². The van der Waals surface area contributed by atoms with Gasteiger partial charge in [0.25, 0.3) is 0 Å². The zero-order chi connectivity index (χ0) is 11.4. The van der Waals surface area contributed by atoms with Gasteiger partial charge in [-0.2, -0.15) is 0 Å². The topological polar surface area (TPSA) is 46.1 Å². The molecule has 1 fully saturated rings. The fraction of sp³-hybridized carbons (Fsp3) is 1.00. The van der Waals surface area contributed by atoms with Gasteiger partial charge in [-0.15, -0.1) is 12.2 Å². The molecule has 0 atom stereocenters. The standard InChI is InChI=1S/C6H12.2C3H7O.Ti/c1-2-4-6-5-3-1;2*1-3(2)4;/h1-6H2;2*3H,1-2H3;/q;2*-1;+2. The second-order valence-electron chi connectivity index (χ2n) is 4.22. The van der Waals surface area contributed by atoms with Gasteiger partial charge in [0.05, 0.1) is 0 Å².